The number of carboxylic acid groups (broad SMARTS) is 1. The molecule has 0 saturated heterocycles. The summed E-state index contributed by atoms with van der Waals surface area (Å²) in [5.41, 5.74) is 0.974. The van der Waals surface area contributed by atoms with Crippen molar-refractivity contribution >= 4 is 23.2 Å². The Hall–Kier alpha value is -2.48. The van der Waals surface area contributed by atoms with Gasteiger partial charge in [0.2, 0.25) is 0 Å². The third-order valence-electron chi connectivity index (χ3n) is 2.91. The van der Waals surface area contributed by atoms with Crippen LogP contribution in [0.2, 0.25) is 0 Å². The van der Waals surface area contributed by atoms with Crippen LogP contribution in [0.15, 0.2) is 29.6 Å². The van der Waals surface area contributed by atoms with Crippen LogP contribution in [0.5, 0.6) is 5.75 Å². The summed E-state index contributed by atoms with van der Waals surface area (Å²) in [5.74, 6) is -1.66. The predicted octanol–water partition coefficient (Wildman–Crippen LogP) is 2.18. The molecule has 2 aromatic rings. The Morgan fingerprint density at radius 1 is 1.48 bits per heavy atom. The van der Waals surface area contributed by atoms with E-state index in [-0.39, 0.29) is 12.2 Å². The summed E-state index contributed by atoms with van der Waals surface area (Å²) in [7, 11) is 0. The van der Waals surface area contributed by atoms with E-state index in [1.54, 1.807) is 12.1 Å². The zero-order valence-electron chi connectivity index (χ0n) is 12.3. The maximum Gasteiger partial charge on any atom is 0.328 e. The van der Waals surface area contributed by atoms with E-state index in [1.807, 2.05) is 12.3 Å². The van der Waals surface area contributed by atoms with Crippen molar-refractivity contribution in [1.82, 2.24) is 10.3 Å². The molecule has 0 aliphatic heterocycles. The topological polar surface area (TPSA) is 88.5 Å². The molecule has 6 nitrogen and oxygen atoms in total. The largest absolute Gasteiger partial charge is 0.487 e. The van der Waals surface area contributed by atoms with E-state index in [2.05, 4.69) is 10.3 Å². The van der Waals surface area contributed by atoms with Crippen LogP contribution in [-0.4, -0.2) is 34.7 Å². The number of thiazole rings is 1. The Morgan fingerprint density at radius 2 is 2.26 bits per heavy atom. The Morgan fingerprint density at radius 3 is 2.87 bits per heavy atom. The molecule has 0 spiro atoms. The maximum absolute atomic E-state index is 12.5. The fraction of sp³-hybridized carbons (Fsp3) is 0.267. The van der Waals surface area contributed by atoms with Crippen molar-refractivity contribution in [2.75, 3.05) is 6.67 Å². The van der Waals surface area contributed by atoms with E-state index in [4.69, 9.17) is 9.84 Å². The summed E-state index contributed by atoms with van der Waals surface area (Å²) >= 11 is 1.51. The molecule has 0 fully saturated rings. The van der Waals surface area contributed by atoms with Gasteiger partial charge < -0.3 is 15.2 Å². The number of nitrogens with zero attached hydrogens (tertiary/aromatic N) is 1. The number of aryl methyl sites for hydroxylation is 1. The molecule has 1 amide bonds. The quantitative estimate of drug-likeness (QED) is 0.808. The zero-order chi connectivity index (χ0) is 16.8. The van der Waals surface area contributed by atoms with Crippen LogP contribution in [-0.2, 0) is 11.4 Å². The molecular weight excluding hydrogens is 323 g/mol. The van der Waals surface area contributed by atoms with Gasteiger partial charge in [0.1, 0.15) is 19.0 Å². The number of aliphatic carboxylic acids is 1. The molecule has 1 aromatic heterocycles. The zero-order valence-corrected chi connectivity index (χ0v) is 13.1. The Kier molecular flexibility index (Phi) is 5.64. The lowest BCUT2D eigenvalue weighted by atomic mass is 10.2. The van der Waals surface area contributed by atoms with E-state index in [9.17, 15) is 14.0 Å². The fourth-order valence-corrected chi connectivity index (χ4v) is 2.36. The second-order valence-electron chi connectivity index (χ2n) is 4.69. The van der Waals surface area contributed by atoms with E-state index < -0.39 is 24.6 Å². The number of ether oxygens (including phenoxy) is 1. The summed E-state index contributed by atoms with van der Waals surface area (Å²) in [6, 6.07) is 4.66. The number of carbonyl (C=O) groups excluding carboxylic acids is 1. The van der Waals surface area contributed by atoms with Crippen molar-refractivity contribution in [2.24, 2.45) is 0 Å². The molecule has 122 valence electrons. The minimum Gasteiger partial charge on any atom is -0.487 e. The molecule has 0 radical (unpaired) electrons. The highest BCUT2D eigenvalue weighted by molar-refractivity contribution is 7.09. The van der Waals surface area contributed by atoms with E-state index >= 15 is 0 Å². The van der Waals surface area contributed by atoms with Crippen molar-refractivity contribution in [2.45, 2.75) is 19.6 Å². The van der Waals surface area contributed by atoms with Gasteiger partial charge in [0.05, 0.1) is 10.7 Å². The van der Waals surface area contributed by atoms with Crippen LogP contribution < -0.4 is 10.1 Å². The van der Waals surface area contributed by atoms with Crippen LogP contribution in [0, 0.1) is 6.92 Å². The molecule has 1 heterocycles. The monoisotopic (exact) mass is 338 g/mol. The molecule has 0 aliphatic carbocycles. The number of rotatable bonds is 7. The van der Waals surface area contributed by atoms with Gasteiger partial charge in [-0.25, -0.2) is 14.2 Å². The first kappa shape index (κ1) is 16.9. The SMILES string of the molecule is Cc1nc(COc2cccc(C(=O)NC(CF)C(=O)O)c2)cs1. The number of halogens is 1. The standard InChI is InChI=1S/C15H15FN2O4S/c1-9-17-11(8-23-9)7-22-12-4-2-3-10(5-12)14(19)18-13(6-16)15(20)21/h2-5,8,13H,6-7H2,1H3,(H,18,19)(H,20,21). The normalized spacial score (nSPS) is 11.7. The Bertz CT molecular complexity index is 704. The molecule has 2 rings (SSSR count). The first-order chi connectivity index (χ1) is 11.0. The molecule has 23 heavy (non-hydrogen) atoms. The van der Waals surface area contributed by atoms with E-state index in [0.717, 1.165) is 10.7 Å². The van der Waals surface area contributed by atoms with Crippen molar-refractivity contribution in [1.29, 1.82) is 0 Å². The highest BCUT2D eigenvalue weighted by Gasteiger charge is 2.20. The summed E-state index contributed by atoms with van der Waals surface area (Å²) in [6.45, 7) is 0.973. The molecule has 2 N–H and O–H groups in total. The average molecular weight is 338 g/mol. The van der Waals surface area contributed by atoms with Crippen molar-refractivity contribution in [3.8, 4) is 5.75 Å². The van der Waals surface area contributed by atoms with Gasteiger partial charge >= 0.3 is 5.97 Å². The van der Waals surface area contributed by atoms with Crippen LogP contribution >= 0.6 is 11.3 Å². The van der Waals surface area contributed by atoms with Gasteiger partial charge in [0, 0.05) is 10.9 Å². The second kappa shape index (κ2) is 7.68. The van der Waals surface area contributed by atoms with Crippen molar-refractivity contribution in [3.63, 3.8) is 0 Å². The lowest BCUT2D eigenvalue weighted by Crippen LogP contribution is -2.42. The van der Waals surface area contributed by atoms with Crippen molar-refractivity contribution < 1.29 is 23.8 Å². The van der Waals surface area contributed by atoms with Gasteiger partial charge in [-0.1, -0.05) is 6.07 Å². The lowest BCUT2D eigenvalue weighted by molar-refractivity contribution is -0.139. The Labute approximate surface area is 135 Å². The third-order valence-corrected chi connectivity index (χ3v) is 3.73. The summed E-state index contributed by atoms with van der Waals surface area (Å²) < 4.78 is 18.1. The second-order valence-corrected chi connectivity index (χ2v) is 5.76. The molecule has 0 aliphatic rings. The molecular formula is C15H15FN2O4S. The smallest absolute Gasteiger partial charge is 0.328 e. The molecule has 1 atom stereocenters. The van der Waals surface area contributed by atoms with E-state index in [0.29, 0.717) is 5.75 Å². The summed E-state index contributed by atoms with van der Waals surface area (Å²) in [4.78, 5) is 26.9. The Balaban J connectivity index is 2.01. The molecule has 8 heteroatoms. The molecule has 1 aromatic carbocycles. The van der Waals surface area contributed by atoms with E-state index in [1.165, 1.54) is 23.5 Å². The van der Waals surface area contributed by atoms with Gasteiger partial charge in [0.25, 0.3) is 5.91 Å². The first-order valence-corrected chi connectivity index (χ1v) is 7.61. The number of hydrogen-bond acceptors (Lipinski definition) is 5. The number of aromatic nitrogens is 1. The first-order valence-electron chi connectivity index (χ1n) is 6.73. The van der Waals surface area contributed by atoms with Crippen LogP contribution in [0.25, 0.3) is 0 Å². The highest BCUT2D eigenvalue weighted by Crippen LogP contribution is 2.16. The number of amides is 1. The molecule has 1 unspecified atom stereocenters. The number of benzene rings is 1. The van der Waals surface area contributed by atoms with Crippen molar-refractivity contribution in [3.05, 3.63) is 45.9 Å². The van der Waals surface area contributed by atoms with Crippen LogP contribution in [0.1, 0.15) is 21.1 Å². The van der Waals surface area contributed by atoms with Gasteiger partial charge in [-0.2, -0.15) is 0 Å². The van der Waals surface area contributed by atoms with Gasteiger partial charge in [-0.05, 0) is 25.1 Å². The number of nitrogens with one attached hydrogen (secondary N) is 1. The number of alkyl halides is 1. The fourth-order valence-electron chi connectivity index (χ4n) is 1.77. The van der Waals surface area contributed by atoms with Gasteiger partial charge in [-0.3, -0.25) is 4.79 Å². The maximum atomic E-state index is 12.5. The number of carboxylic acids is 1. The predicted molar refractivity (Wildman–Crippen MR) is 82.5 cm³/mol. The minimum absolute atomic E-state index is 0.191. The summed E-state index contributed by atoms with van der Waals surface area (Å²) in [6.07, 6.45) is 0. The minimum atomic E-state index is -1.56. The molecule has 0 saturated carbocycles. The highest BCUT2D eigenvalue weighted by atomic mass is 32.1. The third kappa shape index (κ3) is 4.75. The molecule has 0 bridgehead atoms. The number of carbonyl (C=O) groups is 2. The van der Waals surface area contributed by atoms with Gasteiger partial charge in [0.15, 0.2) is 6.04 Å². The summed E-state index contributed by atoms with van der Waals surface area (Å²) in [5, 5.41) is 13.7. The van der Waals surface area contributed by atoms with Crippen LogP contribution in [0.4, 0.5) is 4.39 Å². The number of hydrogen-bond donors (Lipinski definition) is 2. The average Bonchev–Trinajstić information content (AvgIpc) is 2.96. The van der Waals surface area contributed by atoms with Gasteiger partial charge in [-0.15, -0.1) is 11.3 Å². The van der Waals surface area contributed by atoms with Crippen LogP contribution in [0.3, 0.4) is 0 Å². The lowest BCUT2D eigenvalue weighted by Gasteiger charge is -2.11.